The van der Waals surface area contributed by atoms with Gasteiger partial charge in [0.25, 0.3) is 0 Å². The van der Waals surface area contributed by atoms with E-state index < -0.39 is 0 Å². The van der Waals surface area contributed by atoms with Crippen LogP contribution in [-0.2, 0) is 11.2 Å². The zero-order valence-corrected chi connectivity index (χ0v) is 8.91. The summed E-state index contributed by atoms with van der Waals surface area (Å²) in [6.45, 7) is 3.85. The smallest absolute Gasteiger partial charge is 0.191 e. The Balaban J connectivity index is 2.81. The van der Waals surface area contributed by atoms with Gasteiger partial charge in [-0.3, -0.25) is 4.79 Å². The number of hydrogen-bond acceptors (Lipinski definition) is 2. The van der Waals surface area contributed by atoms with Gasteiger partial charge in [-0.2, -0.15) is 0 Å². The minimum atomic E-state index is -0.359. The van der Waals surface area contributed by atoms with Crippen LogP contribution in [0.2, 0.25) is 0 Å². The van der Waals surface area contributed by atoms with Crippen molar-refractivity contribution in [2.24, 2.45) is 0 Å². The lowest BCUT2D eigenvalue weighted by molar-refractivity contribution is 0.0655. The molecule has 0 aliphatic carbocycles. The first-order valence-corrected chi connectivity index (χ1v) is 4.85. The van der Waals surface area contributed by atoms with Crippen LogP contribution >= 0.6 is 0 Å². The molecule has 1 unspecified atom stereocenters. The Morgan fingerprint density at radius 3 is 2.36 bits per heavy atom. The molecule has 0 aromatic heterocycles. The highest BCUT2D eigenvalue weighted by Crippen LogP contribution is 2.08. The van der Waals surface area contributed by atoms with E-state index in [0.29, 0.717) is 0 Å². The fourth-order valence-corrected chi connectivity index (χ4v) is 1.25. The summed E-state index contributed by atoms with van der Waals surface area (Å²) < 4.78 is 4.97. The van der Waals surface area contributed by atoms with E-state index in [2.05, 4.69) is 6.92 Å². The summed E-state index contributed by atoms with van der Waals surface area (Å²) >= 11 is 0. The Labute approximate surface area is 84.9 Å². The number of carbonyl (C=O) groups excluding carboxylic acids is 1. The molecule has 1 rings (SSSR count). The van der Waals surface area contributed by atoms with Crippen molar-refractivity contribution >= 4 is 5.78 Å². The first-order valence-electron chi connectivity index (χ1n) is 4.85. The number of ether oxygens (including phenoxy) is 1. The molecular formula is C12H16O2. The van der Waals surface area contributed by atoms with Gasteiger partial charge >= 0.3 is 0 Å². The summed E-state index contributed by atoms with van der Waals surface area (Å²) in [5, 5.41) is 0. The molecule has 0 spiro atoms. The lowest BCUT2D eigenvalue weighted by atomic mass is 10.0. The Morgan fingerprint density at radius 1 is 1.36 bits per heavy atom. The molecule has 0 fully saturated rings. The SMILES string of the molecule is CCc1ccc(C(=O)C(C)OC)cc1. The maximum atomic E-state index is 11.7. The van der Waals surface area contributed by atoms with E-state index in [1.54, 1.807) is 14.0 Å². The van der Waals surface area contributed by atoms with E-state index in [9.17, 15) is 4.79 Å². The Kier molecular flexibility index (Phi) is 3.84. The molecule has 2 heteroatoms. The number of hydrogen-bond donors (Lipinski definition) is 0. The van der Waals surface area contributed by atoms with Gasteiger partial charge in [0.05, 0.1) is 0 Å². The van der Waals surface area contributed by atoms with Gasteiger partial charge in [0.15, 0.2) is 5.78 Å². The maximum Gasteiger partial charge on any atom is 0.191 e. The second kappa shape index (κ2) is 4.91. The van der Waals surface area contributed by atoms with Crippen LogP contribution in [0.5, 0.6) is 0 Å². The predicted molar refractivity (Wildman–Crippen MR) is 56.6 cm³/mol. The molecule has 1 atom stereocenters. The number of rotatable bonds is 4. The van der Waals surface area contributed by atoms with E-state index in [0.717, 1.165) is 12.0 Å². The molecule has 14 heavy (non-hydrogen) atoms. The number of Topliss-reactive ketones (excluding diaryl/α,β-unsaturated/α-hetero) is 1. The molecule has 76 valence electrons. The minimum Gasteiger partial charge on any atom is -0.374 e. The zero-order chi connectivity index (χ0) is 10.6. The van der Waals surface area contributed by atoms with E-state index in [1.807, 2.05) is 24.3 Å². The Hall–Kier alpha value is -1.15. The third-order valence-electron chi connectivity index (χ3n) is 2.37. The first-order chi connectivity index (χ1) is 6.69. The number of aryl methyl sites for hydroxylation is 1. The molecule has 0 heterocycles. The minimum absolute atomic E-state index is 0.0372. The third-order valence-corrected chi connectivity index (χ3v) is 2.37. The standard InChI is InChI=1S/C12H16O2/c1-4-10-5-7-11(8-6-10)12(13)9(2)14-3/h5-9H,4H2,1-3H3. The highest BCUT2D eigenvalue weighted by atomic mass is 16.5. The molecule has 0 saturated carbocycles. The molecule has 0 aliphatic rings. The van der Waals surface area contributed by atoms with Crippen LogP contribution in [0.3, 0.4) is 0 Å². The number of carbonyl (C=O) groups is 1. The molecule has 2 nitrogen and oxygen atoms in total. The fourth-order valence-electron chi connectivity index (χ4n) is 1.25. The van der Waals surface area contributed by atoms with Crippen molar-refractivity contribution in [3.05, 3.63) is 35.4 Å². The van der Waals surface area contributed by atoms with Crippen molar-refractivity contribution in [1.82, 2.24) is 0 Å². The molecule has 0 radical (unpaired) electrons. The molecule has 1 aromatic rings. The number of ketones is 1. The summed E-state index contributed by atoms with van der Waals surface area (Å²) in [5.41, 5.74) is 1.96. The first kappa shape index (κ1) is 10.9. The van der Waals surface area contributed by atoms with Crippen LogP contribution in [-0.4, -0.2) is 19.0 Å². The second-order valence-electron chi connectivity index (χ2n) is 3.29. The monoisotopic (exact) mass is 192 g/mol. The lowest BCUT2D eigenvalue weighted by Crippen LogP contribution is -2.18. The van der Waals surface area contributed by atoms with Crippen molar-refractivity contribution in [2.75, 3.05) is 7.11 Å². The van der Waals surface area contributed by atoms with Crippen molar-refractivity contribution in [1.29, 1.82) is 0 Å². The summed E-state index contributed by atoms with van der Waals surface area (Å²) in [5.74, 6) is 0.0372. The van der Waals surface area contributed by atoms with E-state index >= 15 is 0 Å². The summed E-state index contributed by atoms with van der Waals surface area (Å²) in [7, 11) is 1.54. The van der Waals surface area contributed by atoms with Gasteiger partial charge in [0, 0.05) is 12.7 Å². The summed E-state index contributed by atoms with van der Waals surface area (Å²) in [6, 6.07) is 7.68. The quantitative estimate of drug-likeness (QED) is 0.685. The molecule has 0 amide bonds. The molecule has 0 N–H and O–H groups in total. The van der Waals surface area contributed by atoms with Gasteiger partial charge in [0.1, 0.15) is 6.10 Å². The fraction of sp³-hybridized carbons (Fsp3) is 0.417. The molecular weight excluding hydrogens is 176 g/mol. The van der Waals surface area contributed by atoms with Gasteiger partial charge in [0.2, 0.25) is 0 Å². The molecule has 0 aliphatic heterocycles. The lowest BCUT2D eigenvalue weighted by Gasteiger charge is -2.08. The van der Waals surface area contributed by atoms with Crippen molar-refractivity contribution < 1.29 is 9.53 Å². The predicted octanol–water partition coefficient (Wildman–Crippen LogP) is 2.47. The van der Waals surface area contributed by atoms with Crippen LogP contribution in [0.15, 0.2) is 24.3 Å². The van der Waals surface area contributed by atoms with Crippen LogP contribution in [0, 0.1) is 0 Å². The third kappa shape index (κ3) is 2.42. The Bertz CT molecular complexity index is 301. The zero-order valence-electron chi connectivity index (χ0n) is 8.91. The van der Waals surface area contributed by atoms with Crippen LogP contribution < -0.4 is 0 Å². The van der Waals surface area contributed by atoms with Crippen molar-refractivity contribution in [3.63, 3.8) is 0 Å². The van der Waals surface area contributed by atoms with Gasteiger partial charge < -0.3 is 4.74 Å². The van der Waals surface area contributed by atoms with E-state index in [1.165, 1.54) is 5.56 Å². The highest BCUT2D eigenvalue weighted by molar-refractivity contribution is 5.99. The van der Waals surface area contributed by atoms with E-state index in [-0.39, 0.29) is 11.9 Å². The molecule has 0 saturated heterocycles. The molecule has 0 bridgehead atoms. The van der Waals surface area contributed by atoms with Gasteiger partial charge in [-0.15, -0.1) is 0 Å². The van der Waals surface area contributed by atoms with E-state index in [4.69, 9.17) is 4.74 Å². The van der Waals surface area contributed by atoms with Crippen LogP contribution in [0.25, 0.3) is 0 Å². The summed E-state index contributed by atoms with van der Waals surface area (Å²) in [6.07, 6.45) is 0.636. The summed E-state index contributed by atoms with van der Waals surface area (Å²) in [4.78, 5) is 11.7. The highest BCUT2D eigenvalue weighted by Gasteiger charge is 2.13. The van der Waals surface area contributed by atoms with Crippen molar-refractivity contribution in [2.45, 2.75) is 26.4 Å². The second-order valence-corrected chi connectivity index (χ2v) is 3.29. The van der Waals surface area contributed by atoms with Crippen LogP contribution in [0.1, 0.15) is 29.8 Å². The van der Waals surface area contributed by atoms with Gasteiger partial charge in [-0.05, 0) is 18.9 Å². The maximum absolute atomic E-state index is 11.7. The topological polar surface area (TPSA) is 26.3 Å². The average Bonchev–Trinajstić information content (AvgIpc) is 2.27. The van der Waals surface area contributed by atoms with Gasteiger partial charge in [-0.25, -0.2) is 0 Å². The number of methoxy groups -OCH3 is 1. The normalized spacial score (nSPS) is 12.5. The average molecular weight is 192 g/mol. The van der Waals surface area contributed by atoms with Crippen molar-refractivity contribution in [3.8, 4) is 0 Å². The largest absolute Gasteiger partial charge is 0.374 e. The number of benzene rings is 1. The van der Waals surface area contributed by atoms with Crippen LogP contribution in [0.4, 0.5) is 0 Å². The van der Waals surface area contributed by atoms with Gasteiger partial charge in [-0.1, -0.05) is 31.2 Å². The Morgan fingerprint density at radius 2 is 1.93 bits per heavy atom. The molecule has 1 aromatic carbocycles.